The molecule has 0 aromatic carbocycles. The fraction of sp³-hybridized carbons (Fsp3) is 0.818. The van der Waals surface area contributed by atoms with Crippen molar-refractivity contribution in [1.82, 2.24) is 5.32 Å². The predicted molar refractivity (Wildman–Crippen MR) is 55.9 cm³/mol. The van der Waals surface area contributed by atoms with Crippen molar-refractivity contribution in [3.05, 3.63) is 11.6 Å². The highest BCUT2D eigenvalue weighted by molar-refractivity contribution is 4.92. The van der Waals surface area contributed by atoms with Gasteiger partial charge < -0.3 is 10.1 Å². The lowest BCUT2D eigenvalue weighted by Gasteiger charge is -2.22. The molecule has 13 heavy (non-hydrogen) atoms. The van der Waals surface area contributed by atoms with E-state index in [-0.39, 0.29) is 0 Å². The van der Waals surface area contributed by atoms with E-state index in [1.54, 1.807) is 0 Å². The second-order valence-corrected chi connectivity index (χ2v) is 3.97. The number of rotatable bonds is 4. The Balaban J connectivity index is 2.01. The van der Waals surface area contributed by atoms with Gasteiger partial charge in [0.05, 0.1) is 13.2 Å². The Hall–Kier alpha value is -0.340. The summed E-state index contributed by atoms with van der Waals surface area (Å²) >= 11 is 0. The summed E-state index contributed by atoms with van der Waals surface area (Å²) in [6.45, 7) is 6.99. The minimum atomic E-state index is 0.597. The second-order valence-electron chi connectivity index (χ2n) is 3.97. The predicted octanol–water partition coefficient (Wildman–Crippen LogP) is 2.11. The Morgan fingerprint density at radius 2 is 2.31 bits per heavy atom. The van der Waals surface area contributed by atoms with Crippen LogP contribution in [0.25, 0.3) is 0 Å². The topological polar surface area (TPSA) is 21.3 Å². The van der Waals surface area contributed by atoms with E-state index in [9.17, 15) is 0 Å². The van der Waals surface area contributed by atoms with Crippen molar-refractivity contribution in [2.75, 3.05) is 19.8 Å². The number of hydrogen-bond donors (Lipinski definition) is 1. The fourth-order valence-corrected chi connectivity index (χ4v) is 1.50. The third-order valence-corrected chi connectivity index (χ3v) is 2.34. The molecule has 1 fully saturated rings. The number of hydrogen-bond acceptors (Lipinski definition) is 2. The van der Waals surface area contributed by atoms with Gasteiger partial charge in [0, 0.05) is 6.04 Å². The first-order chi connectivity index (χ1) is 6.29. The average Bonchev–Trinajstić information content (AvgIpc) is 2.14. The molecule has 0 spiro atoms. The zero-order chi connectivity index (χ0) is 9.52. The van der Waals surface area contributed by atoms with Crippen LogP contribution in [0.3, 0.4) is 0 Å². The van der Waals surface area contributed by atoms with E-state index in [1.807, 2.05) is 0 Å². The molecule has 0 aliphatic carbocycles. The average molecular weight is 183 g/mol. The summed E-state index contributed by atoms with van der Waals surface area (Å²) in [6, 6.07) is 0.597. The molecule has 76 valence electrons. The lowest BCUT2D eigenvalue weighted by molar-refractivity contribution is 0.125. The van der Waals surface area contributed by atoms with Gasteiger partial charge in [-0.25, -0.2) is 0 Å². The molecule has 0 radical (unpaired) electrons. The second kappa shape index (κ2) is 6.17. The molecule has 1 rings (SSSR count). The van der Waals surface area contributed by atoms with Gasteiger partial charge in [0.15, 0.2) is 0 Å². The minimum Gasteiger partial charge on any atom is -0.376 e. The van der Waals surface area contributed by atoms with Gasteiger partial charge in [-0.2, -0.15) is 0 Å². The number of nitrogens with one attached hydrogen (secondary N) is 1. The molecule has 1 saturated heterocycles. The molecule has 2 nitrogen and oxygen atoms in total. The number of allylic oxidation sites excluding steroid dienone is 1. The van der Waals surface area contributed by atoms with E-state index in [0.717, 1.165) is 19.8 Å². The Bertz CT molecular complexity index is 155. The maximum absolute atomic E-state index is 5.55. The lowest BCUT2D eigenvalue weighted by Crippen LogP contribution is -2.37. The summed E-state index contributed by atoms with van der Waals surface area (Å²) < 4.78 is 5.55. The third-order valence-electron chi connectivity index (χ3n) is 2.34. The summed E-state index contributed by atoms with van der Waals surface area (Å²) in [5.74, 6) is 0. The summed E-state index contributed by atoms with van der Waals surface area (Å²) in [5, 5.41) is 3.46. The fourth-order valence-electron chi connectivity index (χ4n) is 1.50. The molecular weight excluding hydrogens is 162 g/mol. The molecule has 0 saturated carbocycles. The molecule has 1 atom stereocenters. The molecule has 1 unspecified atom stereocenters. The van der Waals surface area contributed by atoms with Gasteiger partial charge >= 0.3 is 0 Å². The van der Waals surface area contributed by atoms with Crippen molar-refractivity contribution in [3.63, 3.8) is 0 Å². The molecule has 1 aliphatic heterocycles. The third kappa shape index (κ3) is 5.06. The molecule has 1 N–H and O–H groups in total. The first-order valence-corrected chi connectivity index (χ1v) is 5.23. The van der Waals surface area contributed by atoms with Crippen molar-refractivity contribution in [2.24, 2.45) is 0 Å². The van der Waals surface area contributed by atoms with Crippen molar-refractivity contribution in [1.29, 1.82) is 0 Å². The van der Waals surface area contributed by atoms with Crippen LogP contribution in [0.15, 0.2) is 11.6 Å². The maximum atomic E-state index is 5.55. The van der Waals surface area contributed by atoms with Crippen LogP contribution < -0.4 is 5.32 Å². The van der Waals surface area contributed by atoms with E-state index < -0.39 is 0 Å². The largest absolute Gasteiger partial charge is 0.376 e. The minimum absolute atomic E-state index is 0.597. The van der Waals surface area contributed by atoms with Gasteiger partial charge in [0.2, 0.25) is 0 Å². The Kier molecular flexibility index (Phi) is 5.09. The first-order valence-electron chi connectivity index (χ1n) is 5.23. The summed E-state index contributed by atoms with van der Waals surface area (Å²) in [5.41, 5.74) is 1.33. The lowest BCUT2D eigenvalue weighted by atomic mass is 10.1. The summed E-state index contributed by atoms with van der Waals surface area (Å²) in [4.78, 5) is 0. The van der Waals surface area contributed by atoms with Gasteiger partial charge in [-0.3, -0.25) is 0 Å². The highest BCUT2D eigenvalue weighted by Crippen LogP contribution is 2.06. The molecule has 1 aliphatic rings. The molecule has 0 amide bonds. The number of piperidine rings is 1. The van der Waals surface area contributed by atoms with Crippen LogP contribution in [-0.2, 0) is 4.74 Å². The van der Waals surface area contributed by atoms with E-state index in [1.165, 1.54) is 24.8 Å². The van der Waals surface area contributed by atoms with Gasteiger partial charge in [-0.05, 0) is 33.2 Å². The van der Waals surface area contributed by atoms with Crippen LogP contribution in [0.5, 0.6) is 0 Å². The Labute approximate surface area is 81.4 Å². The summed E-state index contributed by atoms with van der Waals surface area (Å²) in [6.07, 6.45) is 6.08. The van der Waals surface area contributed by atoms with Gasteiger partial charge in [0.25, 0.3) is 0 Å². The first kappa shape index (κ1) is 10.7. The molecular formula is C11H21NO. The number of ether oxygens (including phenoxy) is 1. The Morgan fingerprint density at radius 3 is 2.92 bits per heavy atom. The molecule has 0 aromatic heterocycles. The summed E-state index contributed by atoms with van der Waals surface area (Å²) in [7, 11) is 0. The van der Waals surface area contributed by atoms with E-state index in [2.05, 4.69) is 25.2 Å². The van der Waals surface area contributed by atoms with Crippen LogP contribution >= 0.6 is 0 Å². The zero-order valence-corrected chi connectivity index (χ0v) is 8.81. The van der Waals surface area contributed by atoms with Crippen LogP contribution in [0.1, 0.15) is 33.1 Å². The highest BCUT2D eigenvalue weighted by atomic mass is 16.5. The maximum Gasteiger partial charge on any atom is 0.0650 e. The monoisotopic (exact) mass is 183 g/mol. The SMILES string of the molecule is CC(C)=CCOCC1CCCCN1. The van der Waals surface area contributed by atoms with Gasteiger partial charge in [-0.1, -0.05) is 18.1 Å². The molecule has 0 aromatic rings. The smallest absolute Gasteiger partial charge is 0.0650 e. The highest BCUT2D eigenvalue weighted by Gasteiger charge is 2.11. The van der Waals surface area contributed by atoms with E-state index in [4.69, 9.17) is 4.74 Å². The Morgan fingerprint density at radius 1 is 1.46 bits per heavy atom. The van der Waals surface area contributed by atoms with Gasteiger partial charge in [0.1, 0.15) is 0 Å². The van der Waals surface area contributed by atoms with Gasteiger partial charge in [-0.15, -0.1) is 0 Å². The van der Waals surface area contributed by atoms with Crippen LogP contribution in [0, 0.1) is 0 Å². The van der Waals surface area contributed by atoms with Crippen molar-refractivity contribution < 1.29 is 4.74 Å². The van der Waals surface area contributed by atoms with E-state index >= 15 is 0 Å². The molecule has 2 heteroatoms. The normalized spacial score (nSPS) is 22.8. The quantitative estimate of drug-likeness (QED) is 0.532. The van der Waals surface area contributed by atoms with Crippen molar-refractivity contribution >= 4 is 0 Å². The van der Waals surface area contributed by atoms with E-state index in [0.29, 0.717) is 6.04 Å². The zero-order valence-electron chi connectivity index (χ0n) is 8.81. The van der Waals surface area contributed by atoms with Crippen LogP contribution in [0.2, 0.25) is 0 Å². The van der Waals surface area contributed by atoms with Crippen molar-refractivity contribution in [2.45, 2.75) is 39.2 Å². The molecule has 1 heterocycles. The van der Waals surface area contributed by atoms with Crippen LogP contribution in [0.4, 0.5) is 0 Å². The van der Waals surface area contributed by atoms with Crippen molar-refractivity contribution in [3.8, 4) is 0 Å². The standard InChI is InChI=1S/C11H21NO/c1-10(2)6-8-13-9-11-5-3-4-7-12-11/h6,11-12H,3-5,7-9H2,1-2H3. The molecule has 0 bridgehead atoms. The van der Waals surface area contributed by atoms with Crippen LogP contribution in [-0.4, -0.2) is 25.8 Å².